The molecule has 6 rings (SSSR count). The molecular formula is C20H16F6N4O4S. The summed E-state index contributed by atoms with van der Waals surface area (Å²) in [7, 11) is 0. The number of thiazole rings is 1. The summed E-state index contributed by atoms with van der Waals surface area (Å²) in [6.07, 6.45) is -11.8. The molecule has 3 fully saturated rings. The fourth-order valence-electron chi connectivity index (χ4n) is 4.48. The smallest absolute Gasteiger partial charge is 0.418 e. The Morgan fingerprint density at radius 2 is 1.94 bits per heavy atom. The van der Waals surface area contributed by atoms with Gasteiger partial charge in [0.1, 0.15) is 17.1 Å². The van der Waals surface area contributed by atoms with Crippen molar-refractivity contribution in [2.45, 2.75) is 37.0 Å². The van der Waals surface area contributed by atoms with Gasteiger partial charge in [-0.3, -0.25) is 4.90 Å². The third-order valence-corrected chi connectivity index (χ3v) is 6.67. The first-order valence-electron chi connectivity index (χ1n) is 10.3. The number of piperidine rings is 1. The van der Waals surface area contributed by atoms with Crippen molar-refractivity contribution in [2.24, 2.45) is 0 Å². The predicted molar refractivity (Wildman–Crippen MR) is 110 cm³/mol. The Kier molecular flexibility index (Phi) is 5.58. The number of benzene rings is 1. The van der Waals surface area contributed by atoms with E-state index in [0.29, 0.717) is 6.42 Å². The van der Waals surface area contributed by atoms with E-state index in [1.54, 1.807) is 10.3 Å². The van der Waals surface area contributed by atoms with Crippen LogP contribution in [0, 0.1) is 0 Å². The SMILES string of the molecule is O=C(O)N1C2CC1CN(c1nc3cc(C(OCC(F)(F)F)C(F)(F)F)cc(-c4nccs4)c3o1)C2. The molecule has 15 heteroatoms. The van der Waals surface area contributed by atoms with E-state index in [9.17, 15) is 36.2 Å². The highest BCUT2D eigenvalue weighted by Crippen LogP contribution is 2.43. The highest BCUT2D eigenvalue weighted by atomic mass is 32.1. The van der Waals surface area contributed by atoms with Crippen LogP contribution in [0.4, 0.5) is 37.2 Å². The lowest BCUT2D eigenvalue weighted by atomic mass is 9.88. The quantitative estimate of drug-likeness (QED) is 0.468. The number of amides is 1. The summed E-state index contributed by atoms with van der Waals surface area (Å²) < 4.78 is 89.1. The van der Waals surface area contributed by atoms with Gasteiger partial charge in [0.05, 0.1) is 17.6 Å². The van der Waals surface area contributed by atoms with Gasteiger partial charge in [-0.1, -0.05) is 0 Å². The molecule has 8 nitrogen and oxygen atoms in total. The zero-order chi connectivity index (χ0) is 25.1. The second kappa shape index (κ2) is 8.26. The number of rotatable bonds is 5. The van der Waals surface area contributed by atoms with Crippen LogP contribution in [0.5, 0.6) is 0 Å². The van der Waals surface area contributed by atoms with Crippen molar-refractivity contribution in [2.75, 3.05) is 24.6 Å². The van der Waals surface area contributed by atoms with Crippen LogP contribution in [-0.2, 0) is 4.74 Å². The molecule has 3 unspecified atom stereocenters. The molecule has 1 N–H and O–H groups in total. The molecule has 2 bridgehead atoms. The molecule has 188 valence electrons. The highest BCUT2D eigenvalue weighted by molar-refractivity contribution is 7.13. The summed E-state index contributed by atoms with van der Waals surface area (Å²) in [6, 6.07) is 1.59. The van der Waals surface area contributed by atoms with E-state index in [0.717, 1.165) is 23.5 Å². The Bertz CT molecular complexity index is 1230. The van der Waals surface area contributed by atoms with Crippen LogP contribution in [0.1, 0.15) is 18.1 Å². The van der Waals surface area contributed by atoms with Gasteiger partial charge in [0.25, 0.3) is 6.01 Å². The van der Waals surface area contributed by atoms with Crippen molar-refractivity contribution in [1.29, 1.82) is 0 Å². The number of hydrogen-bond acceptors (Lipinski definition) is 7. The van der Waals surface area contributed by atoms with E-state index < -0.39 is 36.7 Å². The zero-order valence-corrected chi connectivity index (χ0v) is 18.3. The van der Waals surface area contributed by atoms with Gasteiger partial charge in [-0.2, -0.15) is 31.3 Å². The molecule has 3 aliphatic rings. The summed E-state index contributed by atoms with van der Waals surface area (Å²) >= 11 is 1.11. The van der Waals surface area contributed by atoms with E-state index in [1.165, 1.54) is 11.1 Å². The average Bonchev–Trinajstić information content (AvgIpc) is 3.41. The molecule has 3 atom stereocenters. The van der Waals surface area contributed by atoms with Gasteiger partial charge in [-0.05, 0) is 24.1 Å². The number of carboxylic acid groups (broad SMARTS) is 1. The molecule has 5 heterocycles. The number of halogens is 6. The van der Waals surface area contributed by atoms with E-state index in [4.69, 9.17) is 4.42 Å². The van der Waals surface area contributed by atoms with E-state index in [1.807, 2.05) is 0 Å². The third kappa shape index (κ3) is 4.49. The summed E-state index contributed by atoms with van der Waals surface area (Å²) in [4.78, 5) is 22.8. The number of oxazole rings is 1. The minimum atomic E-state index is -5.12. The Morgan fingerprint density at radius 3 is 2.51 bits per heavy atom. The zero-order valence-electron chi connectivity index (χ0n) is 17.5. The van der Waals surface area contributed by atoms with Crippen LogP contribution in [0.3, 0.4) is 0 Å². The van der Waals surface area contributed by atoms with E-state index in [-0.39, 0.29) is 52.9 Å². The van der Waals surface area contributed by atoms with Gasteiger partial charge in [0.2, 0.25) is 0 Å². The number of fused-ring (bicyclic) bond motifs is 3. The number of ether oxygens (including phenoxy) is 1. The number of aromatic nitrogens is 2. The van der Waals surface area contributed by atoms with Crippen molar-refractivity contribution >= 4 is 34.5 Å². The van der Waals surface area contributed by atoms with E-state index >= 15 is 0 Å². The summed E-state index contributed by atoms with van der Waals surface area (Å²) in [5.41, 5.74) is -0.338. The minimum absolute atomic E-state index is 0.0121. The first-order valence-corrected chi connectivity index (χ1v) is 11.1. The molecule has 0 saturated carbocycles. The van der Waals surface area contributed by atoms with Crippen molar-refractivity contribution in [3.63, 3.8) is 0 Å². The molecule has 0 spiro atoms. The lowest BCUT2D eigenvalue weighted by molar-refractivity contribution is -0.258. The Morgan fingerprint density at radius 1 is 1.23 bits per heavy atom. The molecular weight excluding hydrogens is 506 g/mol. The van der Waals surface area contributed by atoms with Crippen LogP contribution in [-0.4, -0.2) is 70.2 Å². The highest BCUT2D eigenvalue weighted by Gasteiger charge is 2.49. The van der Waals surface area contributed by atoms with Gasteiger partial charge >= 0.3 is 18.4 Å². The maximum absolute atomic E-state index is 13.7. The van der Waals surface area contributed by atoms with Crippen LogP contribution in [0.2, 0.25) is 0 Å². The second-order valence-corrected chi connectivity index (χ2v) is 9.13. The Balaban J connectivity index is 1.54. The minimum Gasteiger partial charge on any atom is -0.465 e. The molecule has 1 aromatic carbocycles. The molecule has 3 aromatic rings. The molecule has 1 amide bonds. The first kappa shape index (κ1) is 23.7. The molecule has 0 radical (unpaired) electrons. The normalized spacial score (nSPS) is 21.3. The number of nitrogens with zero attached hydrogens (tertiary/aromatic N) is 4. The summed E-state index contributed by atoms with van der Waals surface area (Å²) in [6.45, 7) is -1.51. The lowest BCUT2D eigenvalue weighted by Crippen LogP contribution is -2.70. The summed E-state index contributed by atoms with van der Waals surface area (Å²) in [5.74, 6) is 0. The van der Waals surface area contributed by atoms with Crippen LogP contribution in [0.15, 0.2) is 28.1 Å². The maximum Gasteiger partial charge on any atom is 0.418 e. The van der Waals surface area contributed by atoms with Gasteiger partial charge in [-0.25, -0.2) is 9.78 Å². The standard InChI is InChI=1S/C20H16F6N4O4S/c21-19(22,23)8-33-15(20(24,25)26)9-3-12(16-27-1-2-35-16)14-13(4-9)28-17(34-14)29-6-10-5-11(7-29)30(10)18(31)32/h1-4,10-11,15H,5-8H2,(H,31,32). The number of anilines is 1. The number of piperazine rings is 1. The third-order valence-electron chi connectivity index (χ3n) is 5.86. The van der Waals surface area contributed by atoms with Gasteiger partial charge in [-0.15, -0.1) is 11.3 Å². The van der Waals surface area contributed by atoms with Gasteiger partial charge in [0, 0.05) is 24.7 Å². The number of alkyl halides is 6. The monoisotopic (exact) mass is 522 g/mol. The topological polar surface area (TPSA) is 91.9 Å². The van der Waals surface area contributed by atoms with Crippen molar-refractivity contribution in [1.82, 2.24) is 14.9 Å². The maximum atomic E-state index is 13.7. The molecule has 3 saturated heterocycles. The molecule has 35 heavy (non-hydrogen) atoms. The van der Waals surface area contributed by atoms with Gasteiger partial charge < -0.3 is 19.2 Å². The average molecular weight is 522 g/mol. The van der Waals surface area contributed by atoms with Crippen LogP contribution < -0.4 is 4.90 Å². The van der Waals surface area contributed by atoms with Crippen molar-refractivity contribution in [3.8, 4) is 10.6 Å². The largest absolute Gasteiger partial charge is 0.465 e. The number of hydrogen-bond donors (Lipinski definition) is 1. The predicted octanol–water partition coefficient (Wildman–Crippen LogP) is 5.07. The lowest BCUT2D eigenvalue weighted by Gasteiger charge is -2.54. The van der Waals surface area contributed by atoms with Crippen molar-refractivity contribution in [3.05, 3.63) is 29.3 Å². The first-order chi connectivity index (χ1) is 16.4. The molecule has 0 aliphatic carbocycles. The fourth-order valence-corrected chi connectivity index (χ4v) is 5.13. The Labute approximate surface area is 196 Å². The van der Waals surface area contributed by atoms with Crippen molar-refractivity contribution < 1.29 is 45.4 Å². The fraction of sp³-hybridized carbons (Fsp3) is 0.450. The molecule has 3 aliphatic heterocycles. The van der Waals surface area contributed by atoms with E-state index in [2.05, 4.69) is 14.7 Å². The number of carbonyl (C=O) groups is 1. The van der Waals surface area contributed by atoms with Gasteiger partial charge in [0.15, 0.2) is 11.7 Å². The Hall–Kier alpha value is -3.07. The molecule has 2 aromatic heterocycles. The second-order valence-electron chi connectivity index (χ2n) is 8.24. The van der Waals surface area contributed by atoms with Crippen LogP contribution >= 0.6 is 11.3 Å². The van der Waals surface area contributed by atoms with Crippen LogP contribution in [0.25, 0.3) is 21.7 Å². The summed E-state index contributed by atoms with van der Waals surface area (Å²) in [5, 5.41) is 11.2.